The van der Waals surface area contributed by atoms with E-state index in [2.05, 4.69) is 0 Å². The molecule has 24 heavy (non-hydrogen) atoms. The van der Waals surface area contributed by atoms with Crippen molar-refractivity contribution in [2.45, 2.75) is 17.5 Å². The van der Waals surface area contributed by atoms with E-state index >= 15 is 0 Å². The molecule has 1 fully saturated rings. The first kappa shape index (κ1) is 16.6. The van der Waals surface area contributed by atoms with Crippen molar-refractivity contribution < 1.29 is 22.7 Å². The van der Waals surface area contributed by atoms with Crippen LogP contribution in [0.4, 0.5) is 13.2 Å². The number of hydrogen-bond donors (Lipinski definition) is 0. The minimum atomic E-state index is -4.38. The number of ether oxygens (including phenoxy) is 1. The van der Waals surface area contributed by atoms with Gasteiger partial charge in [-0.1, -0.05) is 42.1 Å². The summed E-state index contributed by atoms with van der Waals surface area (Å²) in [7, 11) is 0. The van der Waals surface area contributed by atoms with E-state index < -0.39 is 17.7 Å². The van der Waals surface area contributed by atoms with Crippen molar-refractivity contribution in [2.24, 2.45) is 0 Å². The molecule has 0 aliphatic carbocycles. The van der Waals surface area contributed by atoms with Gasteiger partial charge in [0.25, 0.3) is 0 Å². The number of rotatable bonds is 3. The SMILES string of the molecule is O=C1OCC/C1=C(/Sc1ccccc1)c1ccc(C(F)(F)F)cc1. The minimum Gasteiger partial charge on any atom is -0.462 e. The molecule has 0 atom stereocenters. The molecule has 124 valence electrons. The van der Waals surface area contributed by atoms with Crippen molar-refractivity contribution in [3.8, 4) is 0 Å². The molecular formula is C18H13F3O2S. The highest BCUT2D eigenvalue weighted by molar-refractivity contribution is 8.08. The van der Waals surface area contributed by atoms with E-state index in [4.69, 9.17) is 4.74 Å². The Morgan fingerprint density at radius 2 is 1.67 bits per heavy atom. The molecule has 0 N–H and O–H groups in total. The average Bonchev–Trinajstić information content (AvgIpc) is 2.99. The van der Waals surface area contributed by atoms with Gasteiger partial charge in [0.15, 0.2) is 0 Å². The fraction of sp³-hybridized carbons (Fsp3) is 0.167. The van der Waals surface area contributed by atoms with Crippen LogP contribution in [0.5, 0.6) is 0 Å². The van der Waals surface area contributed by atoms with E-state index in [-0.39, 0.29) is 0 Å². The normalized spacial score (nSPS) is 16.9. The molecule has 0 amide bonds. The molecule has 0 aromatic heterocycles. The van der Waals surface area contributed by atoms with Crippen LogP contribution in [0.2, 0.25) is 0 Å². The predicted molar refractivity (Wildman–Crippen MR) is 86.2 cm³/mol. The van der Waals surface area contributed by atoms with Crippen LogP contribution >= 0.6 is 11.8 Å². The van der Waals surface area contributed by atoms with Crippen molar-refractivity contribution in [3.05, 3.63) is 71.3 Å². The third-order valence-corrected chi connectivity index (χ3v) is 4.74. The van der Waals surface area contributed by atoms with E-state index in [0.717, 1.165) is 17.0 Å². The van der Waals surface area contributed by atoms with Crippen LogP contribution in [0.25, 0.3) is 4.91 Å². The van der Waals surface area contributed by atoms with Crippen LogP contribution in [0.3, 0.4) is 0 Å². The topological polar surface area (TPSA) is 26.3 Å². The fourth-order valence-electron chi connectivity index (χ4n) is 2.35. The first-order chi connectivity index (χ1) is 11.4. The second-order valence-electron chi connectivity index (χ2n) is 5.18. The summed E-state index contributed by atoms with van der Waals surface area (Å²) in [6.45, 7) is 0.299. The summed E-state index contributed by atoms with van der Waals surface area (Å²) in [4.78, 5) is 13.5. The molecule has 3 rings (SSSR count). The van der Waals surface area contributed by atoms with Gasteiger partial charge in [-0.3, -0.25) is 0 Å². The number of halogens is 3. The number of carbonyl (C=O) groups excluding carboxylic acids is 1. The zero-order valence-electron chi connectivity index (χ0n) is 12.5. The molecule has 1 aliphatic rings. The van der Waals surface area contributed by atoms with E-state index in [1.165, 1.54) is 23.9 Å². The third-order valence-electron chi connectivity index (χ3n) is 3.54. The van der Waals surface area contributed by atoms with Crippen molar-refractivity contribution in [1.82, 2.24) is 0 Å². The number of cyclic esters (lactones) is 1. The van der Waals surface area contributed by atoms with Gasteiger partial charge >= 0.3 is 12.1 Å². The summed E-state index contributed by atoms with van der Waals surface area (Å²) < 4.78 is 43.2. The molecule has 1 aliphatic heterocycles. The van der Waals surface area contributed by atoms with E-state index in [9.17, 15) is 18.0 Å². The van der Waals surface area contributed by atoms with Gasteiger partial charge in [0.05, 0.1) is 17.7 Å². The standard InChI is InChI=1S/C18H13F3O2S/c19-18(20,21)13-8-6-12(7-9-13)16(15-10-11-23-17(15)22)24-14-4-2-1-3-5-14/h1-9H,10-11H2/b16-15-. The van der Waals surface area contributed by atoms with Gasteiger partial charge < -0.3 is 4.74 Å². The largest absolute Gasteiger partial charge is 0.462 e. The van der Waals surface area contributed by atoms with E-state index in [1.54, 1.807) is 0 Å². The highest BCUT2D eigenvalue weighted by Gasteiger charge is 2.30. The second-order valence-corrected chi connectivity index (χ2v) is 6.27. The maximum Gasteiger partial charge on any atom is 0.416 e. The van der Waals surface area contributed by atoms with E-state index in [0.29, 0.717) is 29.1 Å². The second kappa shape index (κ2) is 6.73. The molecule has 0 saturated carbocycles. The lowest BCUT2D eigenvalue weighted by molar-refractivity contribution is -0.137. The Kier molecular flexibility index (Phi) is 4.66. The molecule has 1 saturated heterocycles. The summed E-state index contributed by atoms with van der Waals surface area (Å²) in [6, 6.07) is 14.2. The molecule has 0 unspecified atom stereocenters. The fourth-order valence-corrected chi connectivity index (χ4v) is 3.44. The van der Waals surface area contributed by atoms with Crippen LogP contribution in [0, 0.1) is 0 Å². The quantitative estimate of drug-likeness (QED) is 0.435. The molecular weight excluding hydrogens is 337 g/mol. The molecule has 2 aromatic rings. The number of alkyl halides is 3. The van der Waals surface area contributed by atoms with Crippen LogP contribution in [0.1, 0.15) is 17.5 Å². The van der Waals surface area contributed by atoms with Gasteiger partial charge in [0.2, 0.25) is 0 Å². The van der Waals surface area contributed by atoms with Gasteiger partial charge in [-0.25, -0.2) is 4.79 Å². The molecule has 6 heteroatoms. The Labute approximate surface area is 141 Å². The lowest BCUT2D eigenvalue weighted by atomic mass is 10.1. The smallest absolute Gasteiger partial charge is 0.416 e. The highest BCUT2D eigenvalue weighted by Crippen LogP contribution is 2.40. The van der Waals surface area contributed by atoms with Crippen LogP contribution in [-0.2, 0) is 15.7 Å². The Morgan fingerprint density at radius 3 is 2.21 bits per heavy atom. The number of carbonyl (C=O) groups is 1. The van der Waals surface area contributed by atoms with E-state index in [1.807, 2.05) is 30.3 Å². The van der Waals surface area contributed by atoms with Gasteiger partial charge in [-0.05, 0) is 29.8 Å². The summed E-state index contributed by atoms with van der Waals surface area (Å²) >= 11 is 1.35. The lowest BCUT2D eigenvalue weighted by Crippen LogP contribution is -2.04. The summed E-state index contributed by atoms with van der Waals surface area (Å²) in [5, 5.41) is 0. The van der Waals surface area contributed by atoms with Crippen molar-refractivity contribution in [2.75, 3.05) is 6.61 Å². The summed E-state index contributed by atoms with van der Waals surface area (Å²) in [5.74, 6) is -0.409. The predicted octanol–water partition coefficient (Wildman–Crippen LogP) is 5.16. The maximum absolute atomic E-state index is 12.7. The summed E-state index contributed by atoms with van der Waals surface area (Å²) in [6.07, 6.45) is -3.93. The van der Waals surface area contributed by atoms with Gasteiger partial charge in [-0.2, -0.15) is 13.2 Å². The number of esters is 1. The third kappa shape index (κ3) is 3.64. The van der Waals surface area contributed by atoms with Crippen molar-refractivity contribution in [3.63, 3.8) is 0 Å². The zero-order chi connectivity index (χ0) is 17.2. The lowest BCUT2D eigenvalue weighted by Gasteiger charge is -2.12. The first-order valence-electron chi connectivity index (χ1n) is 7.26. The summed E-state index contributed by atoms with van der Waals surface area (Å²) in [5.41, 5.74) is 0.364. The minimum absolute atomic E-state index is 0.299. The monoisotopic (exact) mass is 350 g/mol. The Hall–Kier alpha value is -2.21. The Bertz CT molecular complexity index is 765. The molecule has 0 radical (unpaired) electrons. The first-order valence-corrected chi connectivity index (χ1v) is 8.07. The van der Waals surface area contributed by atoms with Crippen molar-refractivity contribution >= 4 is 22.6 Å². The molecule has 0 bridgehead atoms. The van der Waals surface area contributed by atoms with Gasteiger partial charge in [-0.15, -0.1) is 0 Å². The van der Waals surface area contributed by atoms with Crippen LogP contribution < -0.4 is 0 Å². The maximum atomic E-state index is 12.7. The number of hydrogen-bond acceptors (Lipinski definition) is 3. The Balaban J connectivity index is 2.01. The van der Waals surface area contributed by atoms with Crippen molar-refractivity contribution in [1.29, 1.82) is 0 Å². The number of thioether (sulfide) groups is 1. The molecule has 1 heterocycles. The van der Waals surface area contributed by atoms with Gasteiger partial charge in [0.1, 0.15) is 0 Å². The molecule has 0 spiro atoms. The highest BCUT2D eigenvalue weighted by atomic mass is 32.2. The van der Waals surface area contributed by atoms with Crippen LogP contribution in [0.15, 0.2) is 65.1 Å². The molecule has 2 aromatic carbocycles. The zero-order valence-corrected chi connectivity index (χ0v) is 13.3. The Morgan fingerprint density at radius 1 is 1.00 bits per heavy atom. The average molecular weight is 350 g/mol. The molecule has 2 nitrogen and oxygen atoms in total. The van der Waals surface area contributed by atoms with Crippen LogP contribution in [-0.4, -0.2) is 12.6 Å². The van der Waals surface area contributed by atoms with Gasteiger partial charge in [0, 0.05) is 16.2 Å². The number of benzene rings is 2.